The summed E-state index contributed by atoms with van der Waals surface area (Å²) >= 11 is 2.32. The number of carbonyl (C=O) groups excluding carboxylic acids is 2. The number of nitrogens with one attached hydrogen (secondary N) is 2. The van der Waals surface area contributed by atoms with Gasteiger partial charge in [0.25, 0.3) is 11.6 Å². The summed E-state index contributed by atoms with van der Waals surface area (Å²) in [5.41, 5.74) is 4.70. The van der Waals surface area contributed by atoms with E-state index >= 15 is 0 Å². The number of fused-ring (bicyclic) bond motifs is 1. The molecule has 0 radical (unpaired) electrons. The summed E-state index contributed by atoms with van der Waals surface area (Å²) < 4.78 is 24.5. The summed E-state index contributed by atoms with van der Waals surface area (Å²) in [4.78, 5) is 34.2. The van der Waals surface area contributed by atoms with Crippen LogP contribution in [0.4, 0.5) is 5.69 Å². The van der Waals surface area contributed by atoms with Gasteiger partial charge in [0.1, 0.15) is 0 Å². The molecule has 1 aliphatic rings. The van der Waals surface area contributed by atoms with E-state index in [0.29, 0.717) is 10.4 Å². The Morgan fingerprint density at radius 2 is 2.07 bits per heavy atom. The standard InChI is InChI=1S/C15H13N3O6S3/c19-14(16-17-15(20)11-2-1-5-25-11)7-26-12-8-27(23,24)13-6-9(18(21)22)3-4-10(12)13/h1-6,12H,7-8H2,(H,16,19)(H,17,20)/t12-/m0/s1. The Kier molecular flexibility index (Phi) is 5.48. The van der Waals surface area contributed by atoms with E-state index in [4.69, 9.17) is 0 Å². The van der Waals surface area contributed by atoms with E-state index in [9.17, 15) is 28.1 Å². The van der Waals surface area contributed by atoms with Crippen molar-refractivity contribution < 1.29 is 22.9 Å². The minimum absolute atomic E-state index is 0.0689. The van der Waals surface area contributed by atoms with Crippen LogP contribution in [0.1, 0.15) is 20.5 Å². The van der Waals surface area contributed by atoms with Crippen molar-refractivity contribution >= 4 is 50.4 Å². The smallest absolute Gasteiger partial charge is 0.272 e. The average molecular weight is 427 g/mol. The summed E-state index contributed by atoms with van der Waals surface area (Å²) in [6.07, 6.45) is 0. The van der Waals surface area contributed by atoms with Gasteiger partial charge in [-0.15, -0.1) is 23.1 Å². The predicted molar refractivity (Wildman–Crippen MR) is 100 cm³/mol. The van der Waals surface area contributed by atoms with Crippen LogP contribution in [0.15, 0.2) is 40.6 Å². The molecule has 142 valence electrons. The second kappa shape index (κ2) is 7.66. The Hall–Kier alpha value is -2.44. The number of thiophene rings is 1. The first kappa shape index (κ1) is 19.3. The zero-order valence-corrected chi connectivity index (χ0v) is 16.0. The number of hydrazine groups is 1. The molecule has 9 nitrogen and oxygen atoms in total. The lowest BCUT2D eigenvalue weighted by atomic mass is 10.1. The number of carbonyl (C=O) groups is 2. The number of hydrogen-bond donors (Lipinski definition) is 2. The molecule has 0 spiro atoms. The van der Waals surface area contributed by atoms with Gasteiger partial charge in [-0.1, -0.05) is 6.07 Å². The fourth-order valence-corrected chi connectivity index (χ4v) is 6.55. The molecule has 0 aliphatic carbocycles. The molecule has 1 aromatic carbocycles. The molecule has 12 heteroatoms. The molecule has 0 unspecified atom stereocenters. The molecule has 2 N–H and O–H groups in total. The monoisotopic (exact) mass is 427 g/mol. The maximum absolute atomic E-state index is 12.2. The second-order valence-corrected chi connectivity index (χ2v) is 9.68. The molecular weight excluding hydrogens is 414 g/mol. The van der Waals surface area contributed by atoms with Gasteiger partial charge in [-0.25, -0.2) is 8.42 Å². The normalized spacial score (nSPS) is 17.1. The molecule has 0 saturated carbocycles. The number of amides is 2. The zero-order valence-electron chi connectivity index (χ0n) is 13.6. The lowest BCUT2D eigenvalue weighted by molar-refractivity contribution is -0.385. The molecular formula is C15H13N3O6S3. The van der Waals surface area contributed by atoms with Crippen LogP contribution in [0.3, 0.4) is 0 Å². The number of benzene rings is 1. The van der Waals surface area contributed by atoms with Gasteiger partial charge in [0, 0.05) is 17.4 Å². The Morgan fingerprint density at radius 3 is 2.74 bits per heavy atom. The van der Waals surface area contributed by atoms with Crippen molar-refractivity contribution in [2.24, 2.45) is 0 Å². The molecule has 1 atom stereocenters. The first-order valence-electron chi connectivity index (χ1n) is 7.53. The van der Waals surface area contributed by atoms with Crippen molar-refractivity contribution in [1.82, 2.24) is 10.9 Å². The Bertz CT molecular complexity index is 1000. The molecule has 2 amide bonds. The number of non-ortho nitro benzene ring substituents is 1. The van der Waals surface area contributed by atoms with Crippen molar-refractivity contribution in [1.29, 1.82) is 0 Å². The quantitative estimate of drug-likeness (QED) is 0.547. The van der Waals surface area contributed by atoms with Crippen LogP contribution >= 0.6 is 23.1 Å². The molecule has 0 saturated heterocycles. The molecule has 3 rings (SSSR count). The van der Waals surface area contributed by atoms with Gasteiger partial charge in [0.15, 0.2) is 9.84 Å². The summed E-state index contributed by atoms with van der Waals surface area (Å²) in [5.74, 6) is -1.24. The molecule has 27 heavy (non-hydrogen) atoms. The van der Waals surface area contributed by atoms with Gasteiger partial charge in [0.2, 0.25) is 5.91 Å². The number of nitro benzene ring substituents is 1. The minimum atomic E-state index is -3.64. The summed E-state index contributed by atoms with van der Waals surface area (Å²) in [6.45, 7) is 0. The third-order valence-electron chi connectivity index (χ3n) is 3.74. The SMILES string of the molecule is O=C(CS[C@H]1CS(=O)(=O)c2cc([N+](=O)[O-])ccc21)NNC(=O)c1cccs1. The third-order valence-corrected chi connectivity index (χ3v) is 7.86. The maximum atomic E-state index is 12.2. The minimum Gasteiger partial charge on any atom is -0.272 e. The number of thioether (sulfide) groups is 1. The van der Waals surface area contributed by atoms with Gasteiger partial charge < -0.3 is 0 Å². The fourth-order valence-electron chi connectivity index (χ4n) is 2.50. The van der Waals surface area contributed by atoms with Crippen molar-refractivity contribution in [3.8, 4) is 0 Å². The Morgan fingerprint density at radius 1 is 1.30 bits per heavy atom. The Labute approximate surface area is 162 Å². The molecule has 2 heterocycles. The van der Waals surface area contributed by atoms with Gasteiger partial charge >= 0.3 is 0 Å². The largest absolute Gasteiger partial charge is 0.279 e. The van der Waals surface area contributed by atoms with Crippen LogP contribution in [-0.4, -0.2) is 36.7 Å². The van der Waals surface area contributed by atoms with Crippen LogP contribution < -0.4 is 10.9 Å². The van der Waals surface area contributed by atoms with Crippen LogP contribution in [0, 0.1) is 10.1 Å². The van der Waals surface area contributed by atoms with Crippen molar-refractivity contribution in [3.05, 3.63) is 56.3 Å². The van der Waals surface area contributed by atoms with E-state index in [0.717, 1.165) is 17.8 Å². The fraction of sp³-hybridized carbons (Fsp3) is 0.200. The highest BCUT2D eigenvalue weighted by Gasteiger charge is 2.36. The van der Waals surface area contributed by atoms with Crippen molar-refractivity contribution in [2.75, 3.05) is 11.5 Å². The van der Waals surface area contributed by atoms with E-state index in [1.807, 2.05) is 0 Å². The number of rotatable bonds is 5. The second-order valence-electron chi connectivity index (χ2n) is 5.54. The molecule has 1 aliphatic heterocycles. The maximum Gasteiger partial charge on any atom is 0.279 e. The molecule has 0 fully saturated rings. The zero-order chi connectivity index (χ0) is 19.6. The molecule has 1 aromatic heterocycles. The van der Waals surface area contributed by atoms with Crippen LogP contribution in [-0.2, 0) is 14.6 Å². The lowest BCUT2D eigenvalue weighted by Gasteiger charge is -2.10. The Balaban J connectivity index is 1.60. The van der Waals surface area contributed by atoms with Crippen LogP contribution in [0.5, 0.6) is 0 Å². The highest BCUT2D eigenvalue weighted by molar-refractivity contribution is 8.02. The average Bonchev–Trinajstić information content (AvgIpc) is 3.24. The number of sulfone groups is 1. The van der Waals surface area contributed by atoms with Gasteiger partial charge in [-0.05, 0) is 23.1 Å². The van der Waals surface area contributed by atoms with Crippen LogP contribution in [0.25, 0.3) is 0 Å². The van der Waals surface area contributed by atoms with Crippen molar-refractivity contribution in [3.63, 3.8) is 0 Å². The first-order chi connectivity index (χ1) is 12.8. The third kappa shape index (κ3) is 4.28. The van der Waals surface area contributed by atoms with E-state index in [-0.39, 0.29) is 22.1 Å². The predicted octanol–water partition coefficient (Wildman–Crippen LogP) is 1.68. The lowest BCUT2D eigenvalue weighted by Crippen LogP contribution is -2.42. The summed E-state index contributed by atoms with van der Waals surface area (Å²) in [5, 5.41) is 12.1. The highest BCUT2D eigenvalue weighted by Crippen LogP contribution is 2.42. The van der Waals surface area contributed by atoms with Gasteiger partial charge in [-0.3, -0.25) is 30.6 Å². The summed E-state index contributed by atoms with van der Waals surface area (Å²) in [6, 6.07) is 7.02. The molecule has 2 aromatic rings. The van der Waals surface area contributed by atoms with Crippen molar-refractivity contribution in [2.45, 2.75) is 10.1 Å². The topological polar surface area (TPSA) is 135 Å². The van der Waals surface area contributed by atoms with Crippen LogP contribution in [0.2, 0.25) is 0 Å². The van der Waals surface area contributed by atoms with Gasteiger partial charge in [-0.2, -0.15) is 0 Å². The number of nitrogens with zero attached hydrogens (tertiary/aromatic N) is 1. The van der Waals surface area contributed by atoms with E-state index in [1.54, 1.807) is 17.5 Å². The highest BCUT2D eigenvalue weighted by atomic mass is 32.2. The summed E-state index contributed by atoms with van der Waals surface area (Å²) in [7, 11) is -3.64. The number of nitro groups is 1. The van der Waals surface area contributed by atoms with E-state index in [2.05, 4.69) is 10.9 Å². The molecule has 0 bridgehead atoms. The van der Waals surface area contributed by atoms with Gasteiger partial charge in [0.05, 0.1) is 26.2 Å². The number of hydrogen-bond acceptors (Lipinski definition) is 8. The first-order valence-corrected chi connectivity index (χ1v) is 11.1. The van der Waals surface area contributed by atoms with E-state index < -0.39 is 31.8 Å². The van der Waals surface area contributed by atoms with E-state index in [1.165, 1.54) is 23.5 Å².